The lowest BCUT2D eigenvalue weighted by Gasteiger charge is -2.10. The summed E-state index contributed by atoms with van der Waals surface area (Å²) in [6, 6.07) is 6.95. The predicted molar refractivity (Wildman–Crippen MR) is 90.8 cm³/mol. The molecule has 0 saturated carbocycles. The van der Waals surface area contributed by atoms with Crippen molar-refractivity contribution in [1.29, 1.82) is 0 Å². The molecule has 25 heavy (non-hydrogen) atoms. The third kappa shape index (κ3) is 2.46. The molecule has 0 spiro atoms. The van der Waals surface area contributed by atoms with E-state index in [4.69, 9.17) is 18.6 Å². The van der Waals surface area contributed by atoms with Gasteiger partial charge in [-0.05, 0) is 24.6 Å². The molecule has 1 N–H and O–H groups in total. The van der Waals surface area contributed by atoms with Crippen molar-refractivity contribution >= 4 is 11.0 Å². The smallest absolute Gasteiger partial charge is 0.231 e. The van der Waals surface area contributed by atoms with Gasteiger partial charge in [0.2, 0.25) is 6.79 Å². The number of aryl methyl sites for hydroxylation is 1. The Morgan fingerprint density at radius 3 is 2.80 bits per heavy atom. The van der Waals surface area contributed by atoms with Gasteiger partial charge in [-0.2, -0.15) is 0 Å². The van der Waals surface area contributed by atoms with Gasteiger partial charge in [-0.3, -0.25) is 4.79 Å². The second kappa shape index (κ2) is 5.73. The summed E-state index contributed by atoms with van der Waals surface area (Å²) in [7, 11) is 1.50. The Hall–Kier alpha value is -3.15. The lowest BCUT2D eigenvalue weighted by atomic mass is 10.0. The number of hydrogen-bond donors (Lipinski definition) is 1. The van der Waals surface area contributed by atoms with Gasteiger partial charge < -0.3 is 23.7 Å². The number of hydrogen-bond acceptors (Lipinski definition) is 6. The lowest BCUT2D eigenvalue weighted by molar-refractivity contribution is 0.174. The van der Waals surface area contributed by atoms with Crippen LogP contribution >= 0.6 is 0 Å². The molecule has 0 saturated heterocycles. The molecular formula is C19H16O6. The first-order valence-corrected chi connectivity index (χ1v) is 7.78. The highest BCUT2D eigenvalue weighted by molar-refractivity contribution is 5.88. The van der Waals surface area contributed by atoms with Gasteiger partial charge >= 0.3 is 0 Å². The monoisotopic (exact) mass is 340 g/mol. The average molecular weight is 340 g/mol. The van der Waals surface area contributed by atoms with Crippen molar-refractivity contribution in [3.63, 3.8) is 0 Å². The minimum absolute atomic E-state index is 0.154. The van der Waals surface area contributed by atoms with Gasteiger partial charge in [0.1, 0.15) is 22.5 Å². The van der Waals surface area contributed by atoms with Crippen molar-refractivity contribution in [2.75, 3.05) is 13.9 Å². The van der Waals surface area contributed by atoms with E-state index >= 15 is 0 Å². The van der Waals surface area contributed by atoms with Crippen LogP contribution in [0.4, 0.5) is 0 Å². The van der Waals surface area contributed by atoms with E-state index in [1.807, 2.05) is 18.2 Å². The molecule has 0 unspecified atom stereocenters. The van der Waals surface area contributed by atoms with Gasteiger partial charge in [0.25, 0.3) is 0 Å². The Morgan fingerprint density at radius 1 is 1.20 bits per heavy atom. The molecule has 0 aliphatic carbocycles. The number of aromatic hydroxyl groups is 1. The molecule has 0 bridgehead atoms. The minimum Gasteiger partial charge on any atom is -0.507 e. The summed E-state index contributed by atoms with van der Waals surface area (Å²) in [6.07, 6.45) is 1.79. The molecule has 1 aromatic heterocycles. The van der Waals surface area contributed by atoms with Gasteiger partial charge in [-0.1, -0.05) is 6.07 Å². The highest BCUT2D eigenvalue weighted by atomic mass is 16.7. The van der Waals surface area contributed by atoms with Crippen LogP contribution in [0.25, 0.3) is 11.0 Å². The molecule has 2 heterocycles. The van der Waals surface area contributed by atoms with Crippen LogP contribution in [0.15, 0.2) is 39.7 Å². The SMILES string of the molecule is COc1cc(O)c2c(=O)c(Cc3ccc4c(c3)OCO4)coc2c1C. The fraction of sp³-hybridized carbons (Fsp3) is 0.211. The molecule has 6 nitrogen and oxygen atoms in total. The highest BCUT2D eigenvalue weighted by Crippen LogP contribution is 2.34. The number of phenolic OH excluding ortho intramolecular Hbond substituents is 1. The van der Waals surface area contributed by atoms with Crippen LogP contribution in [0, 0.1) is 6.92 Å². The minimum atomic E-state index is -0.262. The van der Waals surface area contributed by atoms with Crippen LogP contribution in [0.5, 0.6) is 23.0 Å². The second-order valence-corrected chi connectivity index (χ2v) is 5.88. The topological polar surface area (TPSA) is 78.1 Å². The van der Waals surface area contributed by atoms with Crippen LogP contribution in [0.2, 0.25) is 0 Å². The van der Waals surface area contributed by atoms with Crippen LogP contribution in [-0.2, 0) is 6.42 Å². The molecule has 1 aliphatic heterocycles. The molecule has 128 valence electrons. The Balaban J connectivity index is 1.80. The molecule has 1 aliphatic rings. The van der Waals surface area contributed by atoms with E-state index in [0.717, 1.165) is 5.56 Å². The number of methoxy groups -OCH3 is 1. The lowest BCUT2D eigenvalue weighted by Crippen LogP contribution is -2.10. The molecule has 0 radical (unpaired) electrons. The summed E-state index contributed by atoms with van der Waals surface area (Å²) in [6.45, 7) is 1.98. The zero-order valence-corrected chi connectivity index (χ0v) is 13.8. The Bertz CT molecular complexity index is 1030. The van der Waals surface area contributed by atoms with E-state index in [0.29, 0.717) is 40.4 Å². The van der Waals surface area contributed by atoms with E-state index in [9.17, 15) is 9.90 Å². The van der Waals surface area contributed by atoms with Crippen molar-refractivity contribution in [2.24, 2.45) is 0 Å². The van der Waals surface area contributed by atoms with Gasteiger partial charge in [-0.15, -0.1) is 0 Å². The summed E-state index contributed by atoms with van der Waals surface area (Å²) < 4.78 is 21.5. The number of rotatable bonds is 3. The molecule has 6 heteroatoms. The summed E-state index contributed by atoms with van der Waals surface area (Å²) in [5.41, 5.74) is 2.08. The van der Waals surface area contributed by atoms with E-state index < -0.39 is 0 Å². The zero-order chi connectivity index (χ0) is 17.6. The van der Waals surface area contributed by atoms with Crippen molar-refractivity contribution in [1.82, 2.24) is 0 Å². The van der Waals surface area contributed by atoms with Crippen molar-refractivity contribution < 1.29 is 23.7 Å². The van der Waals surface area contributed by atoms with Crippen molar-refractivity contribution in [3.8, 4) is 23.0 Å². The van der Waals surface area contributed by atoms with Crippen LogP contribution in [0.1, 0.15) is 16.7 Å². The fourth-order valence-electron chi connectivity index (χ4n) is 3.04. The Morgan fingerprint density at radius 2 is 2.00 bits per heavy atom. The molecule has 4 rings (SSSR count). The zero-order valence-electron chi connectivity index (χ0n) is 13.8. The largest absolute Gasteiger partial charge is 0.507 e. The number of phenols is 1. The van der Waals surface area contributed by atoms with Crippen molar-refractivity contribution in [3.05, 3.63) is 57.4 Å². The Labute approximate surface area is 143 Å². The molecule has 0 amide bonds. The number of ether oxygens (including phenoxy) is 3. The maximum absolute atomic E-state index is 12.8. The first kappa shape index (κ1) is 15.4. The second-order valence-electron chi connectivity index (χ2n) is 5.88. The average Bonchev–Trinajstić information content (AvgIpc) is 3.07. The molecule has 0 fully saturated rings. The third-order valence-corrected chi connectivity index (χ3v) is 4.35. The normalized spacial score (nSPS) is 12.6. The first-order valence-electron chi connectivity index (χ1n) is 7.78. The van der Waals surface area contributed by atoms with E-state index in [1.165, 1.54) is 19.4 Å². The van der Waals surface area contributed by atoms with Gasteiger partial charge in [0.05, 0.1) is 13.4 Å². The Kier molecular flexibility index (Phi) is 3.53. The number of benzene rings is 2. The van der Waals surface area contributed by atoms with Gasteiger partial charge in [0.15, 0.2) is 16.9 Å². The van der Waals surface area contributed by atoms with Gasteiger partial charge in [0, 0.05) is 23.6 Å². The van der Waals surface area contributed by atoms with Crippen LogP contribution in [-0.4, -0.2) is 19.0 Å². The van der Waals surface area contributed by atoms with E-state index in [2.05, 4.69) is 0 Å². The first-order chi connectivity index (χ1) is 12.1. The highest BCUT2D eigenvalue weighted by Gasteiger charge is 2.18. The van der Waals surface area contributed by atoms with Crippen LogP contribution in [0.3, 0.4) is 0 Å². The number of fused-ring (bicyclic) bond motifs is 2. The molecule has 0 atom stereocenters. The standard InChI is InChI=1S/C19H16O6/c1-10-15(22-2)7-13(20)17-18(21)12(8-23-19(10)17)5-11-3-4-14-16(6-11)25-9-24-14/h3-4,6-8,20H,5,9H2,1-2H3. The summed E-state index contributed by atoms with van der Waals surface area (Å²) in [5, 5.41) is 10.4. The summed E-state index contributed by atoms with van der Waals surface area (Å²) in [5.74, 6) is 1.66. The molecule has 2 aromatic carbocycles. The maximum Gasteiger partial charge on any atom is 0.231 e. The van der Waals surface area contributed by atoms with Crippen molar-refractivity contribution in [2.45, 2.75) is 13.3 Å². The molecular weight excluding hydrogens is 324 g/mol. The predicted octanol–water partition coefficient (Wildman–Crippen LogP) is 3.14. The van der Waals surface area contributed by atoms with E-state index in [-0.39, 0.29) is 23.4 Å². The fourth-order valence-corrected chi connectivity index (χ4v) is 3.04. The van der Waals surface area contributed by atoms with Gasteiger partial charge in [-0.25, -0.2) is 0 Å². The summed E-state index contributed by atoms with van der Waals surface area (Å²) >= 11 is 0. The van der Waals surface area contributed by atoms with Crippen LogP contribution < -0.4 is 19.6 Å². The third-order valence-electron chi connectivity index (χ3n) is 4.35. The quantitative estimate of drug-likeness (QED) is 0.789. The molecule has 3 aromatic rings. The summed E-state index contributed by atoms with van der Waals surface area (Å²) in [4.78, 5) is 12.8. The van der Waals surface area contributed by atoms with E-state index in [1.54, 1.807) is 6.92 Å². The maximum atomic E-state index is 12.8.